The molecule has 0 bridgehead atoms. The Labute approximate surface area is 73.7 Å². The Balaban J connectivity index is 2.59. The lowest BCUT2D eigenvalue weighted by Gasteiger charge is -2.01. The van der Waals surface area contributed by atoms with E-state index < -0.39 is 0 Å². The molecular weight excluding hydrogens is 170 g/mol. The Bertz CT molecular complexity index is 411. The Kier molecular flexibility index (Phi) is 1.63. The molecule has 2 aromatic rings. The number of nitrogens with zero attached hydrogens (tertiary/aromatic N) is 2. The topological polar surface area (TPSA) is 82.0 Å². The van der Waals surface area contributed by atoms with Gasteiger partial charge in [-0.3, -0.25) is 0 Å². The van der Waals surface area contributed by atoms with Crippen molar-refractivity contribution in [2.24, 2.45) is 0 Å². The molecule has 3 N–H and O–H groups in total. The van der Waals surface area contributed by atoms with Crippen LogP contribution in [0.2, 0.25) is 0 Å². The number of phenolic OH excluding ortho intramolecular Hbond substituents is 2. The molecule has 1 aromatic heterocycles. The van der Waals surface area contributed by atoms with E-state index in [0.29, 0.717) is 11.3 Å². The van der Waals surface area contributed by atoms with E-state index in [-0.39, 0.29) is 11.5 Å². The Hall–Kier alpha value is -2.04. The fourth-order valence-corrected chi connectivity index (χ4v) is 1.07. The Morgan fingerprint density at radius 2 is 2.08 bits per heavy atom. The van der Waals surface area contributed by atoms with Crippen molar-refractivity contribution in [2.45, 2.75) is 0 Å². The van der Waals surface area contributed by atoms with E-state index >= 15 is 0 Å². The molecule has 0 spiro atoms. The fraction of sp³-hybridized carbons (Fsp3) is 0. The lowest BCUT2D eigenvalue weighted by molar-refractivity contribution is 0.405. The van der Waals surface area contributed by atoms with Gasteiger partial charge in [0.2, 0.25) is 0 Å². The molecule has 0 saturated heterocycles. The molecule has 0 saturated carbocycles. The normalized spacial score (nSPS) is 10.2. The number of benzene rings is 1. The van der Waals surface area contributed by atoms with Gasteiger partial charge < -0.3 is 10.2 Å². The maximum Gasteiger partial charge on any atom is 0.167 e. The number of phenols is 2. The van der Waals surface area contributed by atoms with Crippen molar-refractivity contribution in [3.8, 4) is 22.8 Å². The molecule has 0 unspecified atom stereocenters. The van der Waals surface area contributed by atoms with E-state index in [1.807, 2.05) is 0 Å². The fourth-order valence-electron chi connectivity index (χ4n) is 1.07. The molecule has 1 aromatic carbocycles. The molecule has 5 heteroatoms. The summed E-state index contributed by atoms with van der Waals surface area (Å²) in [5.74, 6) is -0.350. The molecule has 2 rings (SSSR count). The maximum atomic E-state index is 9.44. The first kappa shape index (κ1) is 7.60. The Morgan fingerprint density at radius 3 is 2.77 bits per heavy atom. The second kappa shape index (κ2) is 2.78. The third-order valence-corrected chi connectivity index (χ3v) is 1.71. The van der Waals surface area contributed by atoms with E-state index in [1.165, 1.54) is 12.3 Å². The molecule has 0 atom stereocenters. The van der Waals surface area contributed by atoms with Gasteiger partial charge >= 0.3 is 0 Å². The van der Waals surface area contributed by atoms with Crippen LogP contribution in [-0.2, 0) is 0 Å². The van der Waals surface area contributed by atoms with Gasteiger partial charge in [0.1, 0.15) is 5.69 Å². The van der Waals surface area contributed by atoms with Gasteiger partial charge in [0, 0.05) is 5.56 Å². The summed E-state index contributed by atoms with van der Waals surface area (Å²) < 4.78 is 0. The molecule has 0 aliphatic rings. The van der Waals surface area contributed by atoms with E-state index in [4.69, 9.17) is 0 Å². The van der Waals surface area contributed by atoms with Crippen molar-refractivity contribution in [2.75, 3.05) is 0 Å². The molecule has 0 aliphatic heterocycles. The molecule has 0 amide bonds. The highest BCUT2D eigenvalue weighted by atomic mass is 16.3. The summed E-state index contributed by atoms with van der Waals surface area (Å²) in [5, 5.41) is 28.4. The second-order valence-corrected chi connectivity index (χ2v) is 2.53. The first-order valence-electron chi connectivity index (χ1n) is 3.66. The highest BCUT2D eigenvalue weighted by Gasteiger charge is 2.09. The number of aromatic amines is 1. The van der Waals surface area contributed by atoms with Crippen LogP contribution in [0.3, 0.4) is 0 Å². The molecule has 0 radical (unpaired) electrons. The summed E-state index contributed by atoms with van der Waals surface area (Å²) in [4.78, 5) is 0. The van der Waals surface area contributed by atoms with Gasteiger partial charge in [0.15, 0.2) is 11.5 Å². The quantitative estimate of drug-likeness (QED) is 0.565. The Morgan fingerprint density at radius 1 is 1.23 bits per heavy atom. The molecule has 5 nitrogen and oxygen atoms in total. The summed E-state index contributed by atoms with van der Waals surface area (Å²) in [6.45, 7) is 0. The third kappa shape index (κ3) is 1.20. The van der Waals surface area contributed by atoms with Crippen LogP contribution in [0.25, 0.3) is 11.3 Å². The molecular formula is C8H7N3O2. The largest absolute Gasteiger partial charge is 0.504 e. The van der Waals surface area contributed by atoms with Gasteiger partial charge in [-0.25, -0.2) is 0 Å². The zero-order chi connectivity index (χ0) is 9.26. The van der Waals surface area contributed by atoms with Gasteiger partial charge in [-0.1, -0.05) is 6.07 Å². The SMILES string of the molecule is Oc1cccc(-c2cn[nH]n2)c1O. The van der Waals surface area contributed by atoms with E-state index in [0.717, 1.165) is 0 Å². The second-order valence-electron chi connectivity index (χ2n) is 2.53. The van der Waals surface area contributed by atoms with Crippen LogP contribution in [0.1, 0.15) is 0 Å². The average Bonchev–Trinajstić information content (AvgIpc) is 2.62. The van der Waals surface area contributed by atoms with Gasteiger partial charge in [0.05, 0.1) is 6.20 Å². The number of nitrogens with one attached hydrogen (secondary N) is 1. The van der Waals surface area contributed by atoms with Crippen LogP contribution in [0.4, 0.5) is 0 Å². The van der Waals surface area contributed by atoms with Gasteiger partial charge in [0.25, 0.3) is 0 Å². The lowest BCUT2D eigenvalue weighted by Crippen LogP contribution is -1.79. The minimum absolute atomic E-state index is 0.166. The smallest absolute Gasteiger partial charge is 0.167 e. The van der Waals surface area contributed by atoms with Crippen molar-refractivity contribution >= 4 is 0 Å². The van der Waals surface area contributed by atoms with Gasteiger partial charge in [-0.15, -0.1) is 0 Å². The molecule has 66 valence electrons. The zero-order valence-electron chi connectivity index (χ0n) is 6.60. The van der Waals surface area contributed by atoms with Crippen LogP contribution in [-0.4, -0.2) is 25.6 Å². The summed E-state index contributed by atoms with van der Waals surface area (Å²) in [6, 6.07) is 4.67. The maximum absolute atomic E-state index is 9.44. The molecule has 1 heterocycles. The van der Waals surface area contributed by atoms with Crippen molar-refractivity contribution in [1.82, 2.24) is 15.4 Å². The summed E-state index contributed by atoms with van der Waals surface area (Å²) in [5.41, 5.74) is 0.946. The standard InChI is InChI=1S/C8H7N3O2/c12-7-3-1-2-5(8(7)13)6-4-9-11-10-6/h1-4,12-13H,(H,9,10,11). The van der Waals surface area contributed by atoms with Crippen LogP contribution in [0.15, 0.2) is 24.4 Å². The first-order chi connectivity index (χ1) is 6.29. The first-order valence-corrected chi connectivity index (χ1v) is 3.66. The van der Waals surface area contributed by atoms with Crippen molar-refractivity contribution in [3.63, 3.8) is 0 Å². The number of aromatic hydroxyl groups is 2. The predicted molar refractivity (Wildman–Crippen MR) is 45.1 cm³/mol. The number of para-hydroxylation sites is 1. The lowest BCUT2D eigenvalue weighted by atomic mass is 10.1. The van der Waals surface area contributed by atoms with Crippen LogP contribution in [0, 0.1) is 0 Å². The minimum Gasteiger partial charge on any atom is -0.504 e. The monoisotopic (exact) mass is 177 g/mol. The number of rotatable bonds is 1. The van der Waals surface area contributed by atoms with Crippen LogP contribution >= 0.6 is 0 Å². The predicted octanol–water partition coefficient (Wildman–Crippen LogP) is 0.883. The highest BCUT2D eigenvalue weighted by molar-refractivity contribution is 5.69. The molecule has 13 heavy (non-hydrogen) atoms. The zero-order valence-corrected chi connectivity index (χ0v) is 6.60. The number of hydrogen-bond donors (Lipinski definition) is 3. The highest BCUT2D eigenvalue weighted by Crippen LogP contribution is 2.34. The van der Waals surface area contributed by atoms with Crippen molar-refractivity contribution in [3.05, 3.63) is 24.4 Å². The van der Waals surface area contributed by atoms with Crippen LogP contribution in [0.5, 0.6) is 11.5 Å². The van der Waals surface area contributed by atoms with Crippen molar-refractivity contribution < 1.29 is 10.2 Å². The van der Waals surface area contributed by atoms with Gasteiger partial charge in [-0.05, 0) is 12.1 Å². The number of H-pyrrole nitrogens is 1. The van der Waals surface area contributed by atoms with E-state index in [2.05, 4.69) is 15.4 Å². The summed E-state index contributed by atoms with van der Waals surface area (Å²) >= 11 is 0. The minimum atomic E-state index is -0.184. The van der Waals surface area contributed by atoms with E-state index in [9.17, 15) is 10.2 Å². The number of hydrogen-bond acceptors (Lipinski definition) is 4. The average molecular weight is 177 g/mol. The summed E-state index contributed by atoms with van der Waals surface area (Å²) in [6.07, 6.45) is 1.47. The summed E-state index contributed by atoms with van der Waals surface area (Å²) in [7, 11) is 0. The van der Waals surface area contributed by atoms with Crippen LogP contribution < -0.4 is 0 Å². The molecule has 0 aliphatic carbocycles. The molecule has 0 fully saturated rings. The van der Waals surface area contributed by atoms with Gasteiger partial charge in [-0.2, -0.15) is 15.4 Å². The van der Waals surface area contributed by atoms with Crippen molar-refractivity contribution in [1.29, 1.82) is 0 Å². The third-order valence-electron chi connectivity index (χ3n) is 1.71. The number of aromatic nitrogens is 3. The van der Waals surface area contributed by atoms with E-state index in [1.54, 1.807) is 12.1 Å².